The zero-order chi connectivity index (χ0) is 28.0. The zero-order valence-corrected chi connectivity index (χ0v) is 26.5. The van der Waals surface area contributed by atoms with Crippen molar-refractivity contribution in [2.75, 3.05) is 0 Å². The van der Waals surface area contributed by atoms with E-state index >= 15 is 0 Å². The van der Waals surface area contributed by atoms with Crippen LogP contribution in [0, 0.1) is 13.8 Å². The Hall–Kier alpha value is -1.29. The lowest BCUT2D eigenvalue weighted by Crippen LogP contribution is -2.20. The molecule has 3 nitrogen and oxygen atoms in total. The molecule has 1 unspecified atom stereocenters. The first-order valence-electron chi connectivity index (χ1n) is 12.6. The summed E-state index contributed by atoms with van der Waals surface area (Å²) in [4.78, 5) is 0.677. The molecule has 0 bridgehead atoms. The molecule has 0 aliphatic rings. The summed E-state index contributed by atoms with van der Waals surface area (Å²) in [5, 5.41) is 0. The highest BCUT2D eigenvalue weighted by Crippen LogP contribution is 2.51. The van der Waals surface area contributed by atoms with E-state index < -0.39 is 8.60 Å². The molecule has 0 spiro atoms. The Labute approximate surface area is 225 Å². The predicted molar refractivity (Wildman–Crippen MR) is 155 cm³/mol. The van der Waals surface area contributed by atoms with Crippen molar-refractivity contribution in [3.63, 3.8) is 0 Å². The maximum absolute atomic E-state index is 14.0. The fourth-order valence-electron chi connectivity index (χ4n) is 4.52. The van der Waals surface area contributed by atoms with Gasteiger partial charge in [-0.3, -0.25) is 0 Å². The standard InChI is InChI=1S/C30H46FO3PS/c1-18-15-24(22(29(9,10)11)16-20(18)27(3,4)5)32-35(34-31)33-25-23(30(12,13)14)17-21(28(6,7)8)19(2)26(25)36/h15-17,36H,1-14H3. The highest BCUT2D eigenvalue weighted by Gasteiger charge is 2.32. The summed E-state index contributed by atoms with van der Waals surface area (Å²) in [6, 6.07) is 6.29. The van der Waals surface area contributed by atoms with Gasteiger partial charge >= 0.3 is 8.60 Å². The van der Waals surface area contributed by atoms with E-state index in [0.29, 0.717) is 16.4 Å². The lowest BCUT2D eigenvalue weighted by atomic mass is 9.78. The van der Waals surface area contributed by atoms with Crippen LogP contribution in [0.5, 0.6) is 11.5 Å². The summed E-state index contributed by atoms with van der Waals surface area (Å²) in [7, 11) is -2.37. The van der Waals surface area contributed by atoms with Gasteiger partial charge in [0.25, 0.3) is 0 Å². The van der Waals surface area contributed by atoms with Crippen LogP contribution in [0.1, 0.15) is 116 Å². The third kappa shape index (κ3) is 6.97. The van der Waals surface area contributed by atoms with E-state index in [-0.39, 0.29) is 21.7 Å². The van der Waals surface area contributed by atoms with Crippen LogP contribution in [0.25, 0.3) is 0 Å². The third-order valence-electron chi connectivity index (χ3n) is 6.46. The molecule has 0 aliphatic heterocycles. The van der Waals surface area contributed by atoms with Gasteiger partial charge in [-0.15, -0.1) is 12.6 Å². The SMILES string of the molecule is Cc1cc(OP(OF)Oc2c(C(C)(C)C)cc(C(C)(C)C)c(C)c2S)c(C(C)(C)C)cc1C(C)(C)C. The minimum absolute atomic E-state index is 0.0324. The first kappa shape index (κ1) is 30.9. The van der Waals surface area contributed by atoms with E-state index in [0.717, 1.165) is 22.3 Å². The number of thiol groups is 1. The monoisotopic (exact) mass is 536 g/mol. The molecule has 0 saturated heterocycles. The van der Waals surface area contributed by atoms with E-state index in [1.165, 1.54) is 11.1 Å². The lowest BCUT2D eigenvalue weighted by molar-refractivity contribution is -0.0161. The van der Waals surface area contributed by atoms with E-state index in [1.54, 1.807) is 0 Å². The number of rotatable bonds is 5. The summed E-state index contributed by atoms with van der Waals surface area (Å²) in [5.41, 5.74) is 5.81. The molecule has 2 aromatic rings. The molecule has 2 aromatic carbocycles. The van der Waals surface area contributed by atoms with Crippen molar-refractivity contribution in [3.8, 4) is 11.5 Å². The second kappa shape index (κ2) is 10.5. The summed E-state index contributed by atoms with van der Waals surface area (Å²) in [6.45, 7) is 29.8. The van der Waals surface area contributed by atoms with Crippen molar-refractivity contribution in [2.45, 2.75) is 123 Å². The second-order valence-electron chi connectivity index (χ2n) is 13.9. The van der Waals surface area contributed by atoms with E-state index in [9.17, 15) is 4.53 Å². The van der Waals surface area contributed by atoms with Gasteiger partial charge in [-0.2, -0.15) is 0 Å². The topological polar surface area (TPSA) is 27.7 Å². The summed E-state index contributed by atoms with van der Waals surface area (Å²) < 4.78 is 30.6. The molecule has 0 aromatic heterocycles. The number of benzene rings is 2. The van der Waals surface area contributed by atoms with Crippen LogP contribution in [0.4, 0.5) is 4.53 Å². The Morgan fingerprint density at radius 2 is 1.08 bits per heavy atom. The molecule has 0 N–H and O–H groups in total. The fraction of sp³-hybridized carbons (Fsp3) is 0.600. The van der Waals surface area contributed by atoms with Gasteiger partial charge in [0.05, 0.1) is 4.90 Å². The molecule has 0 heterocycles. The van der Waals surface area contributed by atoms with Crippen molar-refractivity contribution in [2.24, 2.45) is 0 Å². The molecule has 0 saturated carbocycles. The van der Waals surface area contributed by atoms with E-state index in [1.807, 2.05) is 13.0 Å². The minimum Gasteiger partial charge on any atom is -0.416 e. The maximum Gasteiger partial charge on any atom is 0.497 e. The van der Waals surface area contributed by atoms with E-state index in [4.69, 9.17) is 21.7 Å². The minimum atomic E-state index is -2.37. The van der Waals surface area contributed by atoms with Gasteiger partial charge in [0.15, 0.2) is 0 Å². The van der Waals surface area contributed by atoms with Crippen molar-refractivity contribution in [1.29, 1.82) is 0 Å². The van der Waals surface area contributed by atoms with E-state index in [2.05, 4.69) is 107 Å². The van der Waals surface area contributed by atoms with Crippen molar-refractivity contribution in [1.82, 2.24) is 0 Å². The molecular formula is C30H46FO3PS. The van der Waals surface area contributed by atoms with Crippen LogP contribution in [-0.4, -0.2) is 0 Å². The second-order valence-corrected chi connectivity index (χ2v) is 15.3. The quantitative estimate of drug-likeness (QED) is 0.304. The van der Waals surface area contributed by atoms with Crippen LogP contribution in [0.15, 0.2) is 23.1 Å². The summed E-state index contributed by atoms with van der Waals surface area (Å²) >= 11 is 4.83. The molecular weight excluding hydrogens is 490 g/mol. The molecule has 0 fully saturated rings. The van der Waals surface area contributed by atoms with Gasteiger partial charge in [0.2, 0.25) is 0 Å². The number of halogens is 1. The molecule has 36 heavy (non-hydrogen) atoms. The van der Waals surface area contributed by atoms with Crippen LogP contribution in [0.3, 0.4) is 0 Å². The zero-order valence-electron chi connectivity index (χ0n) is 24.7. The smallest absolute Gasteiger partial charge is 0.416 e. The fourth-order valence-corrected chi connectivity index (χ4v) is 5.63. The molecule has 202 valence electrons. The molecule has 6 heteroatoms. The Morgan fingerprint density at radius 1 is 0.639 bits per heavy atom. The molecule has 0 aliphatic carbocycles. The average Bonchev–Trinajstić information content (AvgIpc) is 2.66. The first-order valence-corrected chi connectivity index (χ1v) is 14.1. The number of hydrogen-bond acceptors (Lipinski definition) is 4. The van der Waals surface area contributed by atoms with Gasteiger partial charge in [-0.1, -0.05) is 99.9 Å². The van der Waals surface area contributed by atoms with Gasteiger partial charge in [-0.05, 0) is 68.4 Å². The Morgan fingerprint density at radius 3 is 1.50 bits per heavy atom. The summed E-state index contributed by atoms with van der Waals surface area (Å²) in [6.07, 6.45) is 0. The van der Waals surface area contributed by atoms with Crippen molar-refractivity contribution >= 4 is 21.2 Å². The van der Waals surface area contributed by atoms with Gasteiger partial charge < -0.3 is 9.05 Å². The predicted octanol–water partition coefficient (Wildman–Crippen LogP) is 10.4. The van der Waals surface area contributed by atoms with Crippen LogP contribution >= 0.6 is 21.2 Å². The Balaban J connectivity index is 2.63. The Bertz CT molecular complexity index is 1100. The number of hydrogen-bond donors (Lipinski definition) is 1. The average molecular weight is 537 g/mol. The molecule has 2 rings (SSSR count). The third-order valence-corrected chi connectivity index (χ3v) is 7.79. The van der Waals surface area contributed by atoms with Gasteiger partial charge in [0.1, 0.15) is 11.5 Å². The normalized spacial score (nSPS) is 14.1. The van der Waals surface area contributed by atoms with Crippen LogP contribution in [-0.2, 0) is 26.4 Å². The van der Waals surface area contributed by atoms with Crippen molar-refractivity contribution < 1.29 is 18.3 Å². The maximum atomic E-state index is 14.0. The largest absolute Gasteiger partial charge is 0.497 e. The highest BCUT2D eigenvalue weighted by molar-refractivity contribution is 7.80. The van der Waals surface area contributed by atoms with Crippen LogP contribution in [0.2, 0.25) is 0 Å². The molecule has 0 radical (unpaired) electrons. The van der Waals surface area contributed by atoms with Crippen molar-refractivity contribution in [3.05, 3.63) is 51.6 Å². The summed E-state index contributed by atoms with van der Waals surface area (Å²) in [5.74, 6) is 1.07. The van der Waals surface area contributed by atoms with Crippen LogP contribution < -0.4 is 9.05 Å². The lowest BCUT2D eigenvalue weighted by Gasteiger charge is -2.31. The van der Waals surface area contributed by atoms with Gasteiger partial charge in [0, 0.05) is 11.1 Å². The first-order chi connectivity index (χ1) is 16.1. The Kier molecular flexibility index (Phi) is 8.99. The highest BCUT2D eigenvalue weighted by atomic mass is 32.1. The molecule has 0 amide bonds. The number of aryl methyl sites for hydroxylation is 1. The molecule has 1 atom stereocenters. The van der Waals surface area contributed by atoms with Gasteiger partial charge in [-0.25, -0.2) is 0 Å².